The van der Waals surface area contributed by atoms with Crippen LogP contribution < -0.4 is 0 Å². The largest absolute Gasteiger partial charge is 0.388 e. The van der Waals surface area contributed by atoms with Crippen molar-refractivity contribution in [2.45, 2.75) is 92.1 Å². The monoisotopic (exact) mass is 290 g/mol. The van der Waals surface area contributed by atoms with Crippen molar-refractivity contribution >= 4 is 0 Å². The zero-order chi connectivity index (χ0) is 15.8. The summed E-state index contributed by atoms with van der Waals surface area (Å²) < 4.78 is 0. The first-order valence-electron chi connectivity index (χ1n) is 8.74. The molecule has 1 rings (SSSR count). The van der Waals surface area contributed by atoms with Gasteiger partial charge in [0.1, 0.15) is 0 Å². The first kappa shape index (κ1) is 18.2. The molecule has 0 amide bonds. The molecule has 0 aliphatic heterocycles. The summed E-state index contributed by atoms with van der Waals surface area (Å²) in [6, 6.07) is 2.23. The number of aryl methyl sites for hydroxylation is 2. The highest BCUT2D eigenvalue weighted by molar-refractivity contribution is 5.45. The van der Waals surface area contributed by atoms with Gasteiger partial charge in [0.05, 0.1) is 6.10 Å². The Balaban J connectivity index is 2.47. The molecule has 120 valence electrons. The van der Waals surface area contributed by atoms with E-state index >= 15 is 0 Å². The Morgan fingerprint density at radius 3 is 1.81 bits per heavy atom. The quantitative estimate of drug-likeness (QED) is 0.545. The normalized spacial score (nSPS) is 12.7. The van der Waals surface area contributed by atoms with Crippen LogP contribution in [0.1, 0.15) is 92.2 Å². The average Bonchev–Trinajstić information content (AvgIpc) is 2.44. The molecule has 1 aromatic carbocycles. The summed E-state index contributed by atoms with van der Waals surface area (Å²) in [5.74, 6) is 0. The molecule has 0 spiro atoms. The lowest BCUT2D eigenvalue weighted by molar-refractivity contribution is 0.161. The van der Waals surface area contributed by atoms with Gasteiger partial charge in [0, 0.05) is 0 Å². The van der Waals surface area contributed by atoms with Crippen molar-refractivity contribution < 1.29 is 5.11 Å². The second-order valence-corrected chi connectivity index (χ2v) is 6.60. The fourth-order valence-corrected chi connectivity index (χ4v) is 3.19. The van der Waals surface area contributed by atoms with Crippen LogP contribution in [0, 0.1) is 27.7 Å². The van der Waals surface area contributed by atoms with E-state index in [2.05, 4.69) is 40.7 Å². The van der Waals surface area contributed by atoms with Crippen LogP contribution in [0.3, 0.4) is 0 Å². The average molecular weight is 290 g/mol. The maximum atomic E-state index is 10.6. The molecule has 1 aromatic rings. The van der Waals surface area contributed by atoms with Gasteiger partial charge in [-0.25, -0.2) is 0 Å². The lowest BCUT2D eigenvalue weighted by Gasteiger charge is -2.20. The van der Waals surface area contributed by atoms with E-state index in [1.54, 1.807) is 0 Å². The number of rotatable bonds is 9. The molecule has 1 atom stereocenters. The van der Waals surface area contributed by atoms with Gasteiger partial charge in [-0.3, -0.25) is 0 Å². The highest BCUT2D eigenvalue weighted by Gasteiger charge is 2.16. The van der Waals surface area contributed by atoms with Gasteiger partial charge in [-0.1, -0.05) is 57.9 Å². The van der Waals surface area contributed by atoms with Gasteiger partial charge in [-0.05, 0) is 61.9 Å². The highest BCUT2D eigenvalue weighted by atomic mass is 16.3. The third-order valence-corrected chi connectivity index (χ3v) is 4.84. The van der Waals surface area contributed by atoms with Gasteiger partial charge in [-0.15, -0.1) is 0 Å². The molecule has 0 saturated carbocycles. The SMILES string of the molecule is CCCCCCCCCC(O)c1c(C)c(C)cc(C)c1C. The predicted octanol–water partition coefficient (Wildman–Crippen LogP) is 6.09. The number of hydrogen-bond acceptors (Lipinski definition) is 1. The lowest BCUT2D eigenvalue weighted by Crippen LogP contribution is -2.06. The van der Waals surface area contributed by atoms with Crippen molar-refractivity contribution in [3.8, 4) is 0 Å². The number of benzene rings is 1. The second-order valence-electron chi connectivity index (χ2n) is 6.60. The first-order valence-corrected chi connectivity index (χ1v) is 8.74. The van der Waals surface area contributed by atoms with E-state index in [4.69, 9.17) is 0 Å². The summed E-state index contributed by atoms with van der Waals surface area (Å²) in [5.41, 5.74) is 6.32. The Labute approximate surface area is 131 Å². The minimum Gasteiger partial charge on any atom is -0.388 e. The number of aliphatic hydroxyl groups excluding tert-OH is 1. The Morgan fingerprint density at radius 1 is 0.810 bits per heavy atom. The highest BCUT2D eigenvalue weighted by Crippen LogP contribution is 2.30. The molecule has 0 aliphatic rings. The first-order chi connectivity index (χ1) is 9.99. The smallest absolute Gasteiger partial charge is 0.0795 e. The molecule has 0 saturated heterocycles. The fraction of sp³-hybridized carbons (Fsp3) is 0.700. The summed E-state index contributed by atoms with van der Waals surface area (Å²) in [6.07, 6.45) is 9.71. The van der Waals surface area contributed by atoms with E-state index < -0.39 is 0 Å². The van der Waals surface area contributed by atoms with Gasteiger partial charge in [0.25, 0.3) is 0 Å². The van der Waals surface area contributed by atoms with Crippen LogP contribution in [-0.2, 0) is 0 Å². The van der Waals surface area contributed by atoms with Crippen molar-refractivity contribution in [3.63, 3.8) is 0 Å². The molecule has 0 bridgehead atoms. The van der Waals surface area contributed by atoms with Crippen LogP contribution in [0.15, 0.2) is 6.07 Å². The van der Waals surface area contributed by atoms with Crippen LogP contribution >= 0.6 is 0 Å². The van der Waals surface area contributed by atoms with Crippen molar-refractivity contribution in [1.29, 1.82) is 0 Å². The molecular formula is C20H34O. The van der Waals surface area contributed by atoms with Crippen molar-refractivity contribution in [2.75, 3.05) is 0 Å². The van der Waals surface area contributed by atoms with Crippen LogP contribution in [0.2, 0.25) is 0 Å². The van der Waals surface area contributed by atoms with Crippen molar-refractivity contribution in [2.24, 2.45) is 0 Å². The molecule has 1 unspecified atom stereocenters. The Kier molecular flexibility index (Phi) is 8.03. The van der Waals surface area contributed by atoms with Gasteiger partial charge in [0.15, 0.2) is 0 Å². The second kappa shape index (κ2) is 9.25. The zero-order valence-electron chi connectivity index (χ0n) is 14.8. The van der Waals surface area contributed by atoms with E-state index in [0.29, 0.717) is 0 Å². The molecule has 0 aromatic heterocycles. The van der Waals surface area contributed by atoms with Gasteiger partial charge in [0.2, 0.25) is 0 Å². The maximum absolute atomic E-state index is 10.6. The Hall–Kier alpha value is -0.820. The standard InChI is InChI=1S/C20H34O/c1-6-7-8-9-10-11-12-13-19(21)20-17(4)15(2)14-16(3)18(20)5/h14,19,21H,6-13H2,1-5H3. The van der Waals surface area contributed by atoms with E-state index in [0.717, 1.165) is 12.8 Å². The molecule has 1 nitrogen and oxygen atoms in total. The van der Waals surface area contributed by atoms with Gasteiger partial charge in [-0.2, -0.15) is 0 Å². The fourth-order valence-electron chi connectivity index (χ4n) is 3.19. The van der Waals surface area contributed by atoms with Crippen molar-refractivity contribution in [1.82, 2.24) is 0 Å². The van der Waals surface area contributed by atoms with Gasteiger partial charge < -0.3 is 5.11 Å². The lowest BCUT2D eigenvalue weighted by atomic mass is 9.89. The summed E-state index contributed by atoms with van der Waals surface area (Å²) >= 11 is 0. The molecule has 1 N–H and O–H groups in total. The van der Waals surface area contributed by atoms with E-state index in [-0.39, 0.29) is 6.10 Å². The maximum Gasteiger partial charge on any atom is 0.0795 e. The minimum absolute atomic E-state index is 0.292. The Morgan fingerprint density at radius 2 is 1.29 bits per heavy atom. The number of hydrogen-bond donors (Lipinski definition) is 1. The number of unbranched alkanes of at least 4 members (excludes halogenated alkanes) is 6. The topological polar surface area (TPSA) is 20.2 Å². The summed E-state index contributed by atoms with van der Waals surface area (Å²) in [5, 5.41) is 10.6. The summed E-state index contributed by atoms with van der Waals surface area (Å²) in [4.78, 5) is 0. The molecular weight excluding hydrogens is 256 g/mol. The van der Waals surface area contributed by atoms with Crippen molar-refractivity contribution in [3.05, 3.63) is 33.9 Å². The molecule has 0 radical (unpaired) electrons. The van der Waals surface area contributed by atoms with Crippen LogP contribution in [0.25, 0.3) is 0 Å². The Bertz CT molecular complexity index is 408. The molecule has 0 fully saturated rings. The minimum atomic E-state index is -0.292. The third kappa shape index (κ3) is 5.47. The third-order valence-electron chi connectivity index (χ3n) is 4.84. The van der Waals surface area contributed by atoms with Gasteiger partial charge >= 0.3 is 0 Å². The summed E-state index contributed by atoms with van der Waals surface area (Å²) in [7, 11) is 0. The van der Waals surface area contributed by atoms with Crippen LogP contribution in [0.4, 0.5) is 0 Å². The predicted molar refractivity (Wildman–Crippen MR) is 93.0 cm³/mol. The number of aliphatic hydroxyl groups is 1. The van der Waals surface area contributed by atoms with Crippen LogP contribution in [-0.4, -0.2) is 5.11 Å². The van der Waals surface area contributed by atoms with E-state index in [1.807, 2.05) is 0 Å². The zero-order valence-corrected chi connectivity index (χ0v) is 14.8. The van der Waals surface area contributed by atoms with Crippen LogP contribution in [0.5, 0.6) is 0 Å². The molecule has 0 heterocycles. The van der Waals surface area contributed by atoms with E-state index in [1.165, 1.54) is 66.3 Å². The van der Waals surface area contributed by atoms with E-state index in [9.17, 15) is 5.11 Å². The molecule has 1 heteroatoms. The molecule has 0 aliphatic carbocycles. The molecule has 21 heavy (non-hydrogen) atoms. The summed E-state index contributed by atoms with van der Waals surface area (Å²) in [6.45, 7) is 10.8.